The lowest BCUT2D eigenvalue weighted by Crippen LogP contribution is -2.33. The van der Waals surface area contributed by atoms with Crippen molar-refractivity contribution in [2.45, 2.75) is 36.0 Å². The van der Waals surface area contributed by atoms with E-state index in [1.165, 1.54) is 12.4 Å². The molecule has 0 unspecified atom stereocenters. The Morgan fingerprint density at radius 1 is 1.13 bits per heavy atom. The van der Waals surface area contributed by atoms with E-state index in [-0.39, 0.29) is 16.0 Å². The lowest BCUT2D eigenvalue weighted by atomic mass is 9.97. The van der Waals surface area contributed by atoms with Gasteiger partial charge in [0.25, 0.3) is 0 Å². The number of anilines is 3. The third-order valence-electron chi connectivity index (χ3n) is 5.43. The van der Waals surface area contributed by atoms with E-state index < -0.39 is 9.84 Å². The Morgan fingerprint density at radius 3 is 2.53 bits per heavy atom. The van der Waals surface area contributed by atoms with Gasteiger partial charge in [0.15, 0.2) is 11.5 Å². The van der Waals surface area contributed by atoms with Crippen LogP contribution in [0.1, 0.15) is 31.4 Å². The first-order valence-corrected chi connectivity index (χ1v) is 11.5. The molecular formula is C19H24N8O2S. The highest BCUT2D eigenvalue weighted by Gasteiger charge is 2.40. The molecule has 4 rings (SSSR count). The molecule has 0 amide bonds. The molecule has 0 radical (unpaired) electrons. The average molecular weight is 429 g/mol. The number of nitrogens with zero attached hydrogens (tertiary/aromatic N) is 6. The molecule has 158 valence electrons. The van der Waals surface area contributed by atoms with Crippen molar-refractivity contribution in [3.05, 3.63) is 24.2 Å². The number of hydrogen-bond donors (Lipinski definition) is 2. The normalized spacial score (nSPS) is 18.0. The van der Waals surface area contributed by atoms with E-state index in [1.54, 1.807) is 6.07 Å². The molecule has 3 heterocycles. The Bertz CT molecular complexity index is 1040. The molecular weight excluding hydrogens is 404 g/mol. The standard InChI is InChI=1S/C19H24N8O2S/c1-27-6-4-13(5-7-27)10-22-16-8-17(24-18-12-21-14(9-20)11-23-18)25-26-19(16)30(28,29)15-2-3-15/h8,11-13,15H,2-7,10H2,1H3,(H2,22,23,24,25). The minimum atomic E-state index is -3.49. The van der Waals surface area contributed by atoms with Gasteiger partial charge in [-0.05, 0) is 51.7 Å². The van der Waals surface area contributed by atoms with Gasteiger partial charge in [0, 0.05) is 12.6 Å². The first kappa shape index (κ1) is 20.4. The van der Waals surface area contributed by atoms with Crippen LogP contribution in [0.5, 0.6) is 0 Å². The molecule has 1 saturated heterocycles. The van der Waals surface area contributed by atoms with Crippen LogP contribution in [0.2, 0.25) is 0 Å². The van der Waals surface area contributed by atoms with Gasteiger partial charge in [0.2, 0.25) is 14.9 Å². The molecule has 30 heavy (non-hydrogen) atoms. The number of likely N-dealkylation sites (tertiary alicyclic amines) is 1. The molecule has 0 atom stereocenters. The van der Waals surface area contributed by atoms with Crippen LogP contribution in [-0.4, -0.2) is 65.4 Å². The van der Waals surface area contributed by atoms with Crippen molar-refractivity contribution in [1.82, 2.24) is 25.1 Å². The van der Waals surface area contributed by atoms with Crippen molar-refractivity contribution in [1.29, 1.82) is 5.26 Å². The van der Waals surface area contributed by atoms with Crippen molar-refractivity contribution < 1.29 is 8.42 Å². The molecule has 2 aromatic heterocycles. The maximum atomic E-state index is 12.8. The van der Waals surface area contributed by atoms with Gasteiger partial charge in [0.1, 0.15) is 11.9 Å². The maximum Gasteiger partial charge on any atom is 0.202 e. The lowest BCUT2D eigenvalue weighted by Gasteiger charge is -2.29. The third kappa shape index (κ3) is 4.66. The summed E-state index contributed by atoms with van der Waals surface area (Å²) in [5.74, 6) is 1.23. The number of hydrogen-bond acceptors (Lipinski definition) is 10. The second-order valence-electron chi connectivity index (χ2n) is 7.84. The summed E-state index contributed by atoms with van der Waals surface area (Å²) < 4.78 is 25.7. The highest BCUT2D eigenvalue weighted by molar-refractivity contribution is 7.92. The summed E-state index contributed by atoms with van der Waals surface area (Å²) in [6.45, 7) is 2.76. The van der Waals surface area contributed by atoms with Crippen LogP contribution in [-0.2, 0) is 9.84 Å². The summed E-state index contributed by atoms with van der Waals surface area (Å²) in [5.41, 5.74) is 0.665. The molecule has 1 aliphatic carbocycles. The van der Waals surface area contributed by atoms with Gasteiger partial charge in [-0.2, -0.15) is 5.26 Å². The van der Waals surface area contributed by atoms with Gasteiger partial charge in [-0.1, -0.05) is 0 Å². The summed E-state index contributed by atoms with van der Waals surface area (Å²) >= 11 is 0. The molecule has 0 spiro atoms. The van der Waals surface area contributed by atoms with E-state index in [0.717, 1.165) is 25.9 Å². The van der Waals surface area contributed by atoms with Gasteiger partial charge in [0.05, 0.1) is 23.3 Å². The fourth-order valence-electron chi connectivity index (χ4n) is 3.42. The van der Waals surface area contributed by atoms with Gasteiger partial charge >= 0.3 is 0 Å². The van der Waals surface area contributed by atoms with Gasteiger partial charge < -0.3 is 15.5 Å². The van der Waals surface area contributed by atoms with E-state index >= 15 is 0 Å². The van der Waals surface area contributed by atoms with Crippen LogP contribution in [0.3, 0.4) is 0 Å². The molecule has 10 nitrogen and oxygen atoms in total. The van der Waals surface area contributed by atoms with Gasteiger partial charge in [-0.3, -0.25) is 0 Å². The van der Waals surface area contributed by atoms with E-state index in [9.17, 15) is 8.42 Å². The number of nitriles is 1. The van der Waals surface area contributed by atoms with E-state index in [1.807, 2.05) is 6.07 Å². The summed E-state index contributed by atoms with van der Waals surface area (Å²) in [7, 11) is -1.38. The topological polar surface area (TPSA) is 137 Å². The van der Waals surface area contributed by atoms with Crippen LogP contribution >= 0.6 is 0 Å². The molecule has 0 bridgehead atoms. The largest absolute Gasteiger partial charge is 0.382 e. The van der Waals surface area contributed by atoms with Crippen LogP contribution < -0.4 is 10.6 Å². The highest BCUT2D eigenvalue weighted by atomic mass is 32.2. The molecule has 11 heteroatoms. The fourth-order valence-corrected chi connectivity index (χ4v) is 5.08. The van der Waals surface area contributed by atoms with Crippen LogP contribution in [0, 0.1) is 17.2 Å². The third-order valence-corrected chi connectivity index (χ3v) is 7.62. The molecule has 1 saturated carbocycles. The zero-order valence-electron chi connectivity index (χ0n) is 16.7. The number of sulfone groups is 1. The van der Waals surface area contributed by atoms with E-state index in [4.69, 9.17) is 5.26 Å². The summed E-state index contributed by atoms with van der Waals surface area (Å²) in [6, 6.07) is 3.56. The lowest BCUT2D eigenvalue weighted by molar-refractivity contribution is 0.226. The minimum absolute atomic E-state index is 0.00869. The number of rotatable bonds is 7. The van der Waals surface area contributed by atoms with E-state index in [2.05, 4.69) is 42.7 Å². The maximum absolute atomic E-state index is 12.8. The second-order valence-corrected chi connectivity index (χ2v) is 9.99. The smallest absolute Gasteiger partial charge is 0.202 e. The van der Waals surface area contributed by atoms with Crippen molar-refractivity contribution >= 4 is 27.2 Å². The quantitative estimate of drug-likeness (QED) is 0.668. The monoisotopic (exact) mass is 428 g/mol. The summed E-state index contributed by atoms with van der Waals surface area (Å²) in [6.07, 6.45) is 6.23. The predicted molar refractivity (Wildman–Crippen MR) is 111 cm³/mol. The molecule has 0 aromatic carbocycles. The molecule has 2 aromatic rings. The number of piperidine rings is 1. The summed E-state index contributed by atoms with van der Waals surface area (Å²) in [5, 5.41) is 22.8. The minimum Gasteiger partial charge on any atom is -0.382 e. The van der Waals surface area contributed by atoms with Gasteiger partial charge in [-0.15, -0.1) is 10.2 Å². The zero-order valence-corrected chi connectivity index (χ0v) is 17.6. The Balaban J connectivity index is 1.55. The van der Waals surface area contributed by atoms with Crippen molar-refractivity contribution in [2.75, 3.05) is 37.3 Å². The first-order chi connectivity index (χ1) is 14.5. The molecule has 2 N–H and O–H groups in total. The SMILES string of the molecule is CN1CCC(CNc2cc(Nc3cnc(C#N)cn3)nnc2S(=O)(=O)C2CC2)CC1. The Kier molecular flexibility index (Phi) is 5.78. The molecule has 2 aliphatic rings. The average Bonchev–Trinajstić information content (AvgIpc) is 3.60. The van der Waals surface area contributed by atoms with Crippen molar-refractivity contribution in [2.24, 2.45) is 5.92 Å². The van der Waals surface area contributed by atoms with Gasteiger partial charge in [-0.25, -0.2) is 18.4 Å². The van der Waals surface area contributed by atoms with E-state index in [0.29, 0.717) is 42.6 Å². The first-order valence-electron chi connectivity index (χ1n) is 9.99. The highest BCUT2D eigenvalue weighted by Crippen LogP contribution is 2.36. The van der Waals surface area contributed by atoms with Crippen molar-refractivity contribution in [3.8, 4) is 6.07 Å². The molecule has 1 aliphatic heterocycles. The summed E-state index contributed by atoms with van der Waals surface area (Å²) in [4.78, 5) is 10.4. The van der Waals surface area contributed by atoms with Crippen LogP contribution in [0.25, 0.3) is 0 Å². The zero-order chi connectivity index (χ0) is 21.1. The van der Waals surface area contributed by atoms with Crippen LogP contribution in [0.4, 0.5) is 17.3 Å². The Hall–Kier alpha value is -2.84. The molecule has 2 fully saturated rings. The predicted octanol–water partition coefficient (Wildman–Crippen LogP) is 1.57. The second kappa shape index (κ2) is 8.49. The fraction of sp³-hybridized carbons (Fsp3) is 0.526. The van der Waals surface area contributed by atoms with Crippen LogP contribution in [0.15, 0.2) is 23.5 Å². The number of nitrogens with one attached hydrogen (secondary N) is 2. The Labute approximate surface area is 175 Å². The van der Waals surface area contributed by atoms with Crippen molar-refractivity contribution in [3.63, 3.8) is 0 Å². The Morgan fingerprint density at radius 2 is 1.90 bits per heavy atom. The number of aromatic nitrogens is 4.